The highest BCUT2D eigenvalue weighted by atomic mass is 16.3. The lowest BCUT2D eigenvalue weighted by Gasteiger charge is -2.25. The average molecular weight is 569 g/mol. The summed E-state index contributed by atoms with van der Waals surface area (Å²) >= 11 is 0. The van der Waals surface area contributed by atoms with Crippen LogP contribution >= 0.6 is 0 Å². The molecule has 0 aliphatic heterocycles. The highest BCUT2D eigenvalue weighted by Crippen LogP contribution is 2.11. The van der Waals surface area contributed by atoms with Gasteiger partial charge >= 0.3 is 0 Å². The van der Waals surface area contributed by atoms with Gasteiger partial charge < -0.3 is 37.4 Å². The molecule has 0 spiro atoms. The lowest BCUT2D eigenvalue weighted by molar-refractivity contribution is -0.130. The van der Waals surface area contributed by atoms with Crippen LogP contribution in [0.4, 0.5) is 0 Å². The van der Waals surface area contributed by atoms with Crippen LogP contribution in [0.15, 0.2) is 54.6 Å². The largest absolute Gasteiger partial charge is 0.508 e. The van der Waals surface area contributed by atoms with Gasteiger partial charge in [-0.15, -0.1) is 0 Å². The van der Waals surface area contributed by atoms with E-state index in [2.05, 4.69) is 26.6 Å². The molecular weight excluding hydrogens is 528 g/mol. The number of amides is 5. The van der Waals surface area contributed by atoms with Gasteiger partial charge in [-0.25, -0.2) is 0 Å². The Labute approximate surface area is 239 Å². The van der Waals surface area contributed by atoms with Crippen molar-refractivity contribution in [3.05, 3.63) is 65.7 Å². The quantitative estimate of drug-likeness (QED) is 0.108. The Morgan fingerprint density at radius 2 is 1.46 bits per heavy atom. The van der Waals surface area contributed by atoms with Gasteiger partial charge in [-0.05, 0) is 48.9 Å². The molecule has 0 unspecified atom stereocenters. The van der Waals surface area contributed by atoms with Crippen LogP contribution in [-0.4, -0.2) is 66.0 Å². The molecule has 2 aromatic rings. The van der Waals surface area contributed by atoms with Crippen molar-refractivity contribution in [3.63, 3.8) is 0 Å². The van der Waals surface area contributed by atoms with Crippen molar-refractivity contribution in [2.75, 3.05) is 6.54 Å². The molecule has 2 rings (SSSR count). The number of phenolic OH excluding ortho intramolecular Hbond substituents is 1. The number of carbonyl (C=O) groups is 5. The Hall–Kier alpha value is -4.45. The summed E-state index contributed by atoms with van der Waals surface area (Å²) in [5.41, 5.74) is 7.55. The van der Waals surface area contributed by atoms with Gasteiger partial charge in [0.25, 0.3) is 0 Å². The van der Waals surface area contributed by atoms with Crippen molar-refractivity contribution in [2.24, 2.45) is 11.7 Å². The number of hydrogen-bond acceptors (Lipinski definition) is 7. The van der Waals surface area contributed by atoms with Crippen molar-refractivity contribution in [1.29, 1.82) is 0 Å². The number of nitrogens with two attached hydrogens (primary N) is 1. The zero-order chi connectivity index (χ0) is 30.4. The summed E-state index contributed by atoms with van der Waals surface area (Å²) in [7, 11) is 0. The molecule has 0 fully saturated rings. The molecule has 12 heteroatoms. The molecule has 8 N–H and O–H groups in total. The first-order valence-electron chi connectivity index (χ1n) is 13.4. The molecule has 5 amide bonds. The number of rotatable bonds is 16. The zero-order valence-electron chi connectivity index (χ0n) is 23.6. The van der Waals surface area contributed by atoms with Crippen LogP contribution in [0.5, 0.6) is 5.75 Å². The van der Waals surface area contributed by atoms with Gasteiger partial charge in [-0.2, -0.15) is 0 Å². The van der Waals surface area contributed by atoms with Crippen LogP contribution in [0.25, 0.3) is 0 Å². The second-order valence-corrected chi connectivity index (χ2v) is 10.2. The molecule has 0 saturated heterocycles. The van der Waals surface area contributed by atoms with E-state index in [1.54, 1.807) is 12.1 Å². The van der Waals surface area contributed by atoms with Crippen LogP contribution in [0.3, 0.4) is 0 Å². The third-order valence-electron chi connectivity index (χ3n) is 6.13. The fraction of sp³-hybridized carbons (Fsp3) is 0.414. The summed E-state index contributed by atoms with van der Waals surface area (Å²) in [6, 6.07) is 12.8. The van der Waals surface area contributed by atoms with Crippen molar-refractivity contribution in [1.82, 2.24) is 26.6 Å². The third kappa shape index (κ3) is 12.1. The highest BCUT2D eigenvalue weighted by Gasteiger charge is 2.24. The maximum atomic E-state index is 12.9. The fourth-order valence-electron chi connectivity index (χ4n) is 4.00. The third-order valence-corrected chi connectivity index (χ3v) is 6.13. The Balaban J connectivity index is 1.92. The molecule has 0 heterocycles. The second kappa shape index (κ2) is 16.6. The molecule has 41 heavy (non-hydrogen) atoms. The van der Waals surface area contributed by atoms with E-state index < -0.39 is 54.5 Å². The van der Waals surface area contributed by atoms with Gasteiger partial charge in [0.15, 0.2) is 0 Å². The number of phenols is 1. The maximum absolute atomic E-state index is 12.9. The summed E-state index contributed by atoms with van der Waals surface area (Å²) < 4.78 is 0. The number of hydrogen-bond donors (Lipinski definition) is 7. The topological polar surface area (TPSA) is 192 Å². The molecule has 2 aromatic carbocycles. The molecule has 0 bridgehead atoms. The highest BCUT2D eigenvalue weighted by molar-refractivity contribution is 5.92. The predicted octanol–water partition coefficient (Wildman–Crippen LogP) is -0.155. The number of nitrogens with one attached hydrogen (secondary N) is 5. The zero-order valence-corrected chi connectivity index (χ0v) is 23.6. The van der Waals surface area contributed by atoms with Gasteiger partial charge in [-0.1, -0.05) is 56.3 Å². The van der Waals surface area contributed by atoms with Crippen molar-refractivity contribution in [3.8, 4) is 5.75 Å². The Morgan fingerprint density at radius 3 is 2.07 bits per heavy atom. The van der Waals surface area contributed by atoms with Gasteiger partial charge in [0, 0.05) is 6.42 Å². The minimum absolute atomic E-state index is 0.0973. The Morgan fingerprint density at radius 1 is 0.829 bits per heavy atom. The van der Waals surface area contributed by atoms with Crippen LogP contribution in [0, 0.1) is 5.92 Å². The summed E-state index contributed by atoms with van der Waals surface area (Å²) in [6.45, 7) is 4.91. The molecule has 222 valence electrons. The van der Waals surface area contributed by atoms with E-state index >= 15 is 0 Å². The Kier molecular flexibility index (Phi) is 13.3. The van der Waals surface area contributed by atoms with E-state index in [0.29, 0.717) is 12.8 Å². The summed E-state index contributed by atoms with van der Waals surface area (Å²) in [6.07, 6.45) is 0.541. The molecule has 12 nitrogen and oxygen atoms in total. The van der Waals surface area contributed by atoms with E-state index in [4.69, 9.17) is 5.73 Å². The molecular formula is C29H40N6O6. The SMILES string of the molecule is CC(C)C[C@@H](NC=O)C(=O)N[C@H](Cc1ccccc1)NC(=O)CNC(=O)[C@@H](C)NC(=O)[C@H](N)Cc1ccc(O)cc1. The van der Waals surface area contributed by atoms with Crippen molar-refractivity contribution >= 4 is 30.0 Å². The average Bonchev–Trinajstić information content (AvgIpc) is 2.92. The van der Waals surface area contributed by atoms with Gasteiger partial charge in [-0.3, -0.25) is 24.0 Å². The normalized spacial score (nSPS) is 13.7. The van der Waals surface area contributed by atoms with Crippen molar-refractivity contribution < 1.29 is 29.1 Å². The molecule has 0 aliphatic carbocycles. The minimum Gasteiger partial charge on any atom is -0.508 e. The number of benzene rings is 2. The van der Waals surface area contributed by atoms with E-state index in [1.165, 1.54) is 19.1 Å². The summed E-state index contributed by atoms with van der Waals surface area (Å²) in [5.74, 6) is -1.92. The lowest BCUT2D eigenvalue weighted by atomic mass is 10.0. The minimum atomic E-state index is -0.966. The second-order valence-electron chi connectivity index (χ2n) is 10.2. The van der Waals surface area contributed by atoms with Crippen LogP contribution in [-0.2, 0) is 36.8 Å². The lowest BCUT2D eigenvalue weighted by Crippen LogP contribution is -2.56. The molecule has 0 radical (unpaired) electrons. The van der Waals surface area contributed by atoms with Gasteiger partial charge in [0.2, 0.25) is 30.0 Å². The summed E-state index contributed by atoms with van der Waals surface area (Å²) in [5, 5.41) is 22.4. The number of carbonyl (C=O) groups excluding carboxylic acids is 5. The van der Waals surface area contributed by atoms with E-state index in [1.807, 2.05) is 44.2 Å². The van der Waals surface area contributed by atoms with Crippen LogP contribution in [0.1, 0.15) is 38.3 Å². The first-order valence-corrected chi connectivity index (χ1v) is 13.4. The summed E-state index contributed by atoms with van der Waals surface area (Å²) in [4.78, 5) is 61.6. The first kappa shape index (κ1) is 32.8. The van der Waals surface area contributed by atoms with Gasteiger partial charge in [0.05, 0.1) is 12.6 Å². The molecule has 0 aliphatic rings. The number of aromatic hydroxyl groups is 1. The van der Waals surface area contributed by atoms with Gasteiger partial charge in [0.1, 0.15) is 24.0 Å². The molecule has 0 aromatic heterocycles. The fourth-order valence-corrected chi connectivity index (χ4v) is 4.00. The molecule has 4 atom stereocenters. The van der Waals surface area contributed by atoms with Crippen molar-refractivity contribution in [2.45, 2.75) is 64.3 Å². The smallest absolute Gasteiger partial charge is 0.244 e. The van der Waals surface area contributed by atoms with Crippen LogP contribution in [0.2, 0.25) is 0 Å². The maximum Gasteiger partial charge on any atom is 0.244 e. The van der Waals surface area contributed by atoms with E-state index in [0.717, 1.165) is 11.1 Å². The first-order chi connectivity index (χ1) is 19.5. The Bertz CT molecular complexity index is 1160. The van der Waals surface area contributed by atoms with Crippen LogP contribution < -0.4 is 32.3 Å². The monoisotopic (exact) mass is 568 g/mol. The van der Waals surface area contributed by atoms with E-state index in [-0.39, 0.29) is 24.5 Å². The standard InChI is InChI=1S/C29H40N6O6/c1-18(2)13-24(32-17-36)29(41)35-25(15-20-7-5-4-6-8-20)34-26(38)16-31-27(39)19(3)33-28(40)23(30)14-21-9-11-22(37)12-10-21/h4-12,17-19,23-25,37H,13-16,30H2,1-3H3,(H,31,39)(H,32,36)(H,33,40)(H,34,38)(H,35,41)/t19-,23-,24-,25-/m1/s1. The molecule has 0 saturated carbocycles. The van der Waals surface area contributed by atoms with E-state index in [9.17, 15) is 29.1 Å². The predicted molar refractivity (Wildman–Crippen MR) is 153 cm³/mol.